The molecule has 1 fully saturated rings. The summed E-state index contributed by atoms with van der Waals surface area (Å²) in [7, 11) is 0. The summed E-state index contributed by atoms with van der Waals surface area (Å²) < 4.78 is 10.3. The van der Waals surface area contributed by atoms with Crippen LogP contribution in [0.25, 0.3) is 10.6 Å². The number of morpholine rings is 1. The monoisotopic (exact) mass is 360 g/mol. The molecule has 6 nitrogen and oxygen atoms in total. The van der Waals surface area contributed by atoms with E-state index in [9.17, 15) is 9.59 Å². The molecule has 1 saturated heterocycles. The molecule has 0 atom stereocenters. The van der Waals surface area contributed by atoms with Gasteiger partial charge < -0.3 is 14.4 Å². The van der Waals surface area contributed by atoms with Crippen LogP contribution in [0.3, 0.4) is 0 Å². The zero-order chi connectivity index (χ0) is 17.6. The summed E-state index contributed by atoms with van der Waals surface area (Å²) in [5, 5.41) is 2.72. The van der Waals surface area contributed by atoms with Crippen molar-refractivity contribution in [3.8, 4) is 10.6 Å². The number of carbonyl (C=O) groups excluding carboxylic acids is 2. The fraction of sp³-hybridized carbons (Fsp3) is 0.389. The van der Waals surface area contributed by atoms with Gasteiger partial charge in [0.15, 0.2) is 6.61 Å². The van der Waals surface area contributed by atoms with Crippen molar-refractivity contribution in [1.82, 2.24) is 9.88 Å². The summed E-state index contributed by atoms with van der Waals surface area (Å²) in [6.07, 6.45) is 0.0682. The first-order valence-corrected chi connectivity index (χ1v) is 9.02. The van der Waals surface area contributed by atoms with E-state index in [1.54, 1.807) is 4.90 Å². The highest BCUT2D eigenvalue weighted by molar-refractivity contribution is 7.13. The minimum Gasteiger partial charge on any atom is -0.455 e. The Morgan fingerprint density at radius 3 is 2.88 bits per heavy atom. The Kier molecular flexibility index (Phi) is 5.78. The van der Waals surface area contributed by atoms with Gasteiger partial charge in [-0.2, -0.15) is 0 Å². The van der Waals surface area contributed by atoms with E-state index in [-0.39, 0.29) is 18.9 Å². The maximum absolute atomic E-state index is 12.0. The number of ether oxygens (including phenoxy) is 2. The molecule has 0 bridgehead atoms. The van der Waals surface area contributed by atoms with E-state index < -0.39 is 5.97 Å². The molecule has 3 rings (SSSR count). The van der Waals surface area contributed by atoms with Gasteiger partial charge in [0.05, 0.1) is 25.3 Å². The van der Waals surface area contributed by atoms with Crippen molar-refractivity contribution < 1.29 is 19.1 Å². The SMILES string of the molecule is Cc1cccc(-c2nc(CC(=O)OCC(=O)N3CCOCC3)cs2)c1. The van der Waals surface area contributed by atoms with Gasteiger partial charge in [-0.3, -0.25) is 9.59 Å². The van der Waals surface area contributed by atoms with Crippen LogP contribution in [0, 0.1) is 6.92 Å². The molecule has 2 heterocycles. The smallest absolute Gasteiger partial charge is 0.312 e. The van der Waals surface area contributed by atoms with Crippen molar-refractivity contribution in [2.75, 3.05) is 32.9 Å². The van der Waals surface area contributed by atoms with Crippen molar-refractivity contribution in [2.45, 2.75) is 13.3 Å². The summed E-state index contributed by atoms with van der Waals surface area (Å²) in [5.74, 6) is -0.627. The molecule has 1 aliphatic heterocycles. The van der Waals surface area contributed by atoms with E-state index >= 15 is 0 Å². The summed E-state index contributed by atoms with van der Waals surface area (Å²) in [6.45, 7) is 3.94. The molecule has 1 amide bonds. The topological polar surface area (TPSA) is 68.7 Å². The number of aryl methyl sites for hydroxylation is 1. The van der Waals surface area contributed by atoms with Crippen molar-refractivity contribution in [3.63, 3.8) is 0 Å². The van der Waals surface area contributed by atoms with Gasteiger partial charge in [-0.1, -0.05) is 23.8 Å². The number of amides is 1. The Hall–Kier alpha value is -2.25. The molecule has 2 aromatic rings. The highest BCUT2D eigenvalue weighted by Crippen LogP contribution is 2.24. The third-order valence-corrected chi connectivity index (χ3v) is 4.80. The van der Waals surface area contributed by atoms with Crippen LogP contribution in [0.15, 0.2) is 29.6 Å². The maximum Gasteiger partial charge on any atom is 0.312 e. The minimum absolute atomic E-state index is 0.0682. The highest BCUT2D eigenvalue weighted by Gasteiger charge is 2.18. The van der Waals surface area contributed by atoms with E-state index in [1.807, 2.05) is 30.5 Å². The van der Waals surface area contributed by atoms with Gasteiger partial charge in [0, 0.05) is 24.0 Å². The highest BCUT2D eigenvalue weighted by atomic mass is 32.1. The molecule has 0 unspecified atom stereocenters. The molecule has 7 heteroatoms. The van der Waals surface area contributed by atoms with Gasteiger partial charge in [0.2, 0.25) is 0 Å². The van der Waals surface area contributed by atoms with Crippen LogP contribution in [0.5, 0.6) is 0 Å². The Morgan fingerprint density at radius 1 is 1.32 bits per heavy atom. The molecule has 0 N–H and O–H groups in total. The number of aromatic nitrogens is 1. The molecule has 1 aromatic carbocycles. The predicted octanol–water partition coefficient (Wildman–Crippen LogP) is 2.06. The van der Waals surface area contributed by atoms with Gasteiger partial charge in [0.25, 0.3) is 5.91 Å². The van der Waals surface area contributed by atoms with Crippen LogP contribution < -0.4 is 0 Å². The van der Waals surface area contributed by atoms with Crippen LogP contribution in [-0.2, 0) is 25.5 Å². The van der Waals surface area contributed by atoms with E-state index in [0.29, 0.717) is 32.0 Å². The summed E-state index contributed by atoms with van der Waals surface area (Å²) in [6, 6.07) is 8.06. The number of nitrogens with zero attached hydrogens (tertiary/aromatic N) is 2. The molecule has 1 aliphatic rings. The lowest BCUT2D eigenvalue weighted by molar-refractivity contribution is -0.153. The van der Waals surface area contributed by atoms with Crippen molar-refractivity contribution in [2.24, 2.45) is 0 Å². The van der Waals surface area contributed by atoms with Gasteiger partial charge >= 0.3 is 5.97 Å². The van der Waals surface area contributed by atoms with Crippen LogP contribution >= 0.6 is 11.3 Å². The van der Waals surface area contributed by atoms with E-state index in [2.05, 4.69) is 11.1 Å². The lowest BCUT2D eigenvalue weighted by atomic mass is 10.1. The Morgan fingerprint density at radius 2 is 2.12 bits per heavy atom. The number of hydrogen-bond acceptors (Lipinski definition) is 6. The zero-order valence-corrected chi connectivity index (χ0v) is 14.9. The summed E-state index contributed by atoms with van der Waals surface area (Å²) in [5.41, 5.74) is 2.85. The van der Waals surface area contributed by atoms with Crippen molar-refractivity contribution in [1.29, 1.82) is 0 Å². The molecular weight excluding hydrogens is 340 g/mol. The Labute approximate surface area is 150 Å². The maximum atomic E-state index is 12.0. The number of rotatable bonds is 5. The van der Waals surface area contributed by atoms with Gasteiger partial charge in [0.1, 0.15) is 5.01 Å². The molecule has 25 heavy (non-hydrogen) atoms. The Balaban J connectivity index is 1.50. The molecular formula is C18H20N2O4S. The normalized spacial score (nSPS) is 14.4. The van der Waals surface area contributed by atoms with Crippen LogP contribution in [0.4, 0.5) is 0 Å². The standard InChI is InChI=1S/C18H20N2O4S/c1-13-3-2-4-14(9-13)18-19-15(12-25-18)10-17(22)24-11-16(21)20-5-7-23-8-6-20/h2-4,9,12H,5-8,10-11H2,1H3. The summed E-state index contributed by atoms with van der Waals surface area (Å²) >= 11 is 1.49. The first kappa shape index (κ1) is 17.6. The van der Waals surface area contributed by atoms with E-state index in [4.69, 9.17) is 9.47 Å². The second-order valence-electron chi connectivity index (χ2n) is 5.84. The minimum atomic E-state index is -0.442. The molecule has 0 spiro atoms. The number of carbonyl (C=O) groups is 2. The molecule has 0 saturated carbocycles. The second-order valence-corrected chi connectivity index (χ2v) is 6.70. The van der Waals surface area contributed by atoms with Gasteiger partial charge in [-0.05, 0) is 13.0 Å². The predicted molar refractivity (Wildman–Crippen MR) is 94.3 cm³/mol. The second kappa shape index (κ2) is 8.22. The fourth-order valence-electron chi connectivity index (χ4n) is 2.54. The first-order chi connectivity index (χ1) is 12.1. The van der Waals surface area contributed by atoms with Crippen molar-refractivity contribution in [3.05, 3.63) is 40.9 Å². The third kappa shape index (κ3) is 4.87. The quantitative estimate of drug-likeness (QED) is 0.764. The summed E-state index contributed by atoms with van der Waals surface area (Å²) in [4.78, 5) is 30.0. The van der Waals surface area contributed by atoms with Gasteiger partial charge in [-0.15, -0.1) is 11.3 Å². The number of esters is 1. The fourth-order valence-corrected chi connectivity index (χ4v) is 3.36. The largest absolute Gasteiger partial charge is 0.455 e. The molecule has 132 valence electrons. The lowest BCUT2D eigenvalue weighted by Crippen LogP contribution is -2.42. The van der Waals surface area contributed by atoms with E-state index in [1.165, 1.54) is 11.3 Å². The van der Waals surface area contributed by atoms with E-state index in [0.717, 1.165) is 16.1 Å². The number of hydrogen-bond donors (Lipinski definition) is 0. The Bertz CT molecular complexity index is 753. The zero-order valence-electron chi connectivity index (χ0n) is 14.1. The number of benzene rings is 1. The lowest BCUT2D eigenvalue weighted by Gasteiger charge is -2.26. The molecule has 1 aromatic heterocycles. The average molecular weight is 360 g/mol. The third-order valence-electron chi connectivity index (χ3n) is 3.86. The van der Waals surface area contributed by atoms with Crippen molar-refractivity contribution >= 4 is 23.2 Å². The van der Waals surface area contributed by atoms with Gasteiger partial charge in [-0.25, -0.2) is 4.98 Å². The molecule has 0 aliphatic carbocycles. The van der Waals surface area contributed by atoms with Crippen LogP contribution in [0.1, 0.15) is 11.3 Å². The first-order valence-electron chi connectivity index (χ1n) is 8.14. The average Bonchev–Trinajstić information content (AvgIpc) is 3.09. The van der Waals surface area contributed by atoms with Crippen LogP contribution in [-0.4, -0.2) is 54.7 Å². The van der Waals surface area contributed by atoms with Crippen LogP contribution in [0.2, 0.25) is 0 Å². The molecule has 0 radical (unpaired) electrons. The number of thiazole rings is 1.